The predicted octanol–water partition coefficient (Wildman–Crippen LogP) is 4.64. The average Bonchev–Trinajstić information content (AvgIpc) is 2.67. The maximum absolute atomic E-state index is 12.5. The monoisotopic (exact) mass is 410 g/mol. The van der Waals surface area contributed by atoms with E-state index in [1.165, 1.54) is 10.6 Å². The van der Waals surface area contributed by atoms with Crippen molar-refractivity contribution in [3.8, 4) is 0 Å². The van der Waals surface area contributed by atoms with E-state index in [9.17, 15) is 13.2 Å². The number of rotatable bonds is 7. The normalized spacial score (nSPS) is 11.4. The second kappa shape index (κ2) is 8.66. The van der Waals surface area contributed by atoms with Crippen LogP contribution in [0.4, 0.5) is 11.4 Å². The first-order chi connectivity index (χ1) is 13.8. The highest BCUT2D eigenvalue weighted by Gasteiger charge is 2.19. The van der Waals surface area contributed by atoms with Crippen molar-refractivity contribution in [3.05, 3.63) is 71.8 Å². The third-order valence-electron chi connectivity index (χ3n) is 4.86. The molecule has 3 aromatic rings. The highest BCUT2D eigenvalue weighted by molar-refractivity contribution is 7.92. The number of carbonyl (C=O) groups excluding carboxylic acids is 1. The van der Waals surface area contributed by atoms with Gasteiger partial charge in [0.15, 0.2) is 0 Å². The average molecular weight is 411 g/mol. The van der Waals surface area contributed by atoms with Crippen LogP contribution in [0.1, 0.15) is 24.0 Å². The van der Waals surface area contributed by atoms with Crippen molar-refractivity contribution < 1.29 is 13.2 Å². The summed E-state index contributed by atoms with van der Waals surface area (Å²) in [6, 6.07) is 19.4. The van der Waals surface area contributed by atoms with Crippen LogP contribution in [0.2, 0.25) is 0 Å². The number of amides is 1. The smallest absolute Gasteiger partial charge is 0.232 e. The SMILES string of the molecule is Cc1ccc(C)c(N(CCCC(=O)Nc2cccc3ccccc23)S(C)(=O)=O)c1. The Hall–Kier alpha value is -2.86. The molecular formula is C23H26N2O3S. The summed E-state index contributed by atoms with van der Waals surface area (Å²) in [4.78, 5) is 12.5. The van der Waals surface area contributed by atoms with E-state index in [4.69, 9.17) is 0 Å². The Balaban J connectivity index is 1.68. The molecule has 0 bridgehead atoms. The standard InChI is InChI=1S/C23H26N2O3S/c1-17-13-14-18(2)22(16-17)25(29(3,27)28)15-7-12-23(26)24-21-11-6-9-19-8-4-5-10-20(19)21/h4-6,8-11,13-14,16H,7,12,15H2,1-3H3,(H,24,26). The first-order valence-electron chi connectivity index (χ1n) is 9.58. The number of nitrogens with zero attached hydrogens (tertiary/aromatic N) is 1. The topological polar surface area (TPSA) is 66.5 Å². The number of aryl methyl sites for hydroxylation is 2. The Kier molecular flexibility index (Phi) is 6.23. The van der Waals surface area contributed by atoms with E-state index in [1.807, 2.05) is 74.5 Å². The zero-order valence-corrected chi connectivity index (χ0v) is 17.8. The highest BCUT2D eigenvalue weighted by atomic mass is 32.2. The molecule has 0 atom stereocenters. The molecule has 0 unspecified atom stereocenters. The minimum absolute atomic E-state index is 0.129. The van der Waals surface area contributed by atoms with Crippen molar-refractivity contribution in [2.75, 3.05) is 22.4 Å². The fourth-order valence-corrected chi connectivity index (χ4v) is 4.40. The van der Waals surface area contributed by atoms with Gasteiger partial charge in [-0.25, -0.2) is 8.42 Å². The van der Waals surface area contributed by atoms with E-state index in [0.29, 0.717) is 12.1 Å². The molecule has 1 N–H and O–H groups in total. The number of benzene rings is 3. The second-order valence-corrected chi connectivity index (χ2v) is 9.21. The molecule has 6 heteroatoms. The molecular weight excluding hydrogens is 384 g/mol. The van der Waals surface area contributed by atoms with E-state index < -0.39 is 10.0 Å². The van der Waals surface area contributed by atoms with Crippen molar-refractivity contribution in [1.29, 1.82) is 0 Å². The first-order valence-corrected chi connectivity index (χ1v) is 11.4. The fraction of sp³-hybridized carbons (Fsp3) is 0.261. The molecule has 0 saturated heterocycles. The fourth-order valence-electron chi connectivity index (χ4n) is 3.38. The van der Waals surface area contributed by atoms with Crippen LogP contribution >= 0.6 is 0 Å². The molecule has 5 nitrogen and oxygen atoms in total. The maximum Gasteiger partial charge on any atom is 0.232 e. The lowest BCUT2D eigenvalue weighted by Crippen LogP contribution is -2.32. The number of nitrogens with one attached hydrogen (secondary N) is 1. The number of anilines is 2. The van der Waals surface area contributed by atoms with Gasteiger partial charge in [-0.15, -0.1) is 0 Å². The van der Waals surface area contributed by atoms with E-state index in [1.54, 1.807) is 0 Å². The molecule has 0 saturated carbocycles. The van der Waals surface area contributed by atoms with E-state index >= 15 is 0 Å². The van der Waals surface area contributed by atoms with Gasteiger partial charge < -0.3 is 5.32 Å². The summed E-state index contributed by atoms with van der Waals surface area (Å²) in [5.41, 5.74) is 3.32. The van der Waals surface area contributed by atoms with Crippen LogP contribution in [0, 0.1) is 13.8 Å². The maximum atomic E-state index is 12.5. The molecule has 0 aromatic heterocycles. The highest BCUT2D eigenvalue weighted by Crippen LogP contribution is 2.25. The minimum Gasteiger partial charge on any atom is -0.326 e. The lowest BCUT2D eigenvalue weighted by atomic mass is 10.1. The van der Waals surface area contributed by atoms with Gasteiger partial charge in [0.05, 0.1) is 11.9 Å². The van der Waals surface area contributed by atoms with E-state index in [-0.39, 0.29) is 18.9 Å². The van der Waals surface area contributed by atoms with Crippen LogP contribution in [-0.4, -0.2) is 27.1 Å². The van der Waals surface area contributed by atoms with Gasteiger partial charge in [-0.05, 0) is 48.9 Å². The molecule has 152 valence electrons. The number of hydrogen-bond donors (Lipinski definition) is 1. The molecule has 0 aliphatic rings. The molecule has 0 fully saturated rings. The quantitative estimate of drug-likeness (QED) is 0.617. The van der Waals surface area contributed by atoms with Crippen LogP contribution in [0.5, 0.6) is 0 Å². The number of carbonyl (C=O) groups is 1. The third kappa shape index (κ3) is 5.15. The van der Waals surface area contributed by atoms with E-state index in [0.717, 1.165) is 27.6 Å². The van der Waals surface area contributed by atoms with Crippen LogP contribution < -0.4 is 9.62 Å². The Morgan fingerprint density at radius 3 is 2.48 bits per heavy atom. The summed E-state index contributed by atoms with van der Waals surface area (Å²) < 4.78 is 26.1. The Bertz CT molecular complexity index is 1130. The molecule has 0 aliphatic heterocycles. The van der Waals surface area contributed by atoms with Crippen molar-refractivity contribution in [1.82, 2.24) is 0 Å². The predicted molar refractivity (Wildman–Crippen MR) is 120 cm³/mol. The van der Waals surface area contributed by atoms with E-state index in [2.05, 4.69) is 5.32 Å². The molecule has 0 heterocycles. The van der Waals surface area contributed by atoms with Crippen molar-refractivity contribution >= 4 is 38.1 Å². The number of hydrogen-bond acceptors (Lipinski definition) is 3. The van der Waals surface area contributed by atoms with Crippen molar-refractivity contribution in [3.63, 3.8) is 0 Å². The molecule has 0 aliphatic carbocycles. The Morgan fingerprint density at radius 1 is 1.00 bits per heavy atom. The van der Waals surface area contributed by atoms with Gasteiger partial charge in [-0.1, -0.05) is 48.5 Å². The first kappa shape index (κ1) is 20.9. The zero-order valence-electron chi connectivity index (χ0n) is 17.0. The van der Waals surface area contributed by atoms with Crippen LogP contribution in [0.25, 0.3) is 10.8 Å². The second-order valence-electron chi connectivity index (χ2n) is 7.30. The van der Waals surface area contributed by atoms with Gasteiger partial charge >= 0.3 is 0 Å². The van der Waals surface area contributed by atoms with Crippen molar-refractivity contribution in [2.45, 2.75) is 26.7 Å². The van der Waals surface area contributed by atoms with Gasteiger partial charge in [-0.3, -0.25) is 9.10 Å². The number of sulfonamides is 1. The molecule has 29 heavy (non-hydrogen) atoms. The minimum atomic E-state index is -3.44. The van der Waals surface area contributed by atoms with Crippen molar-refractivity contribution in [2.24, 2.45) is 0 Å². The summed E-state index contributed by atoms with van der Waals surface area (Å²) in [5, 5.41) is 4.99. The number of fused-ring (bicyclic) bond motifs is 1. The molecule has 0 spiro atoms. The Labute approximate surface area is 172 Å². The summed E-state index contributed by atoms with van der Waals surface area (Å²) in [6.45, 7) is 4.08. The molecule has 0 radical (unpaired) electrons. The Morgan fingerprint density at radius 2 is 1.72 bits per heavy atom. The third-order valence-corrected chi connectivity index (χ3v) is 6.04. The van der Waals surface area contributed by atoms with Gasteiger partial charge in [0.1, 0.15) is 0 Å². The van der Waals surface area contributed by atoms with Crippen LogP contribution in [0.3, 0.4) is 0 Å². The summed E-state index contributed by atoms with van der Waals surface area (Å²) in [7, 11) is -3.44. The van der Waals surface area contributed by atoms with Gasteiger partial charge in [0, 0.05) is 24.0 Å². The summed E-state index contributed by atoms with van der Waals surface area (Å²) in [5.74, 6) is -0.129. The molecule has 3 aromatic carbocycles. The van der Waals surface area contributed by atoms with Gasteiger partial charge in [-0.2, -0.15) is 0 Å². The molecule has 1 amide bonds. The van der Waals surface area contributed by atoms with Gasteiger partial charge in [0.2, 0.25) is 15.9 Å². The summed E-state index contributed by atoms with van der Waals surface area (Å²) in [6.07, 6.45) is 1.86. The summed E-state index contributed by atoms with van der Waals surface area (Å²) >= 11 is 0. The molecule has 3 rings (SSSR count). The van der Waals surface area contributed by atoms with Crippen LogP contribution in [-0.2, 0) is 14.8 Å². The largest absolute Gasteiger partial charge is 0.326 e. The van der Waals surface area contributed by atoms with Gasteiger partial charge in [0.25, 0.3) is 0 Å². The lowest BCUT2D eigenvalue weighted by molar-refractivity contribution is -0.116. The van der Waals surface area contributed by atoms with Crippen LogP contribution in [0.15, 0.2) is 60.7 Å². The zero-order chi connectivity index (χ0) is 21.0. The lowest BCUT2D eigenvalue weighted by Gasteiger charge is -2.24.